The van der Waals surface area contributed by atoms with Crippen molar-refractivity contribution in [1.29, 1.82) is 0 Å². The van der Waals surface area contributed by atoms with E-state index >= 15 is 0 Å². The Bertz CT molecular complexity index is 331. The number of para-hydroxylation sites is 2. The summed E-state index contributed by atoms with van der Waals surface area (Å²) in [5.41, 5.74) is 0. The molecule has 1 aromatic carbocycles. The molecule has 4 nitrogen and oxygen atoms in total. The lowest BCUT2D eigenvalue weighted by Crippen LogP contribution is -2.33. The first-order valence-electron chi connectivity index (χ1n) is 6.34. The number of hydrogen-bond acceptors (Lipinski definition) is 4. The second kappa shape index (κ2) is 8.78. The van der Waals surface area contributed by atoms with E-state index in [1.807, 2.05) is 31.2 Å². The molecular formula is C14H23NO3. The largest absolute Gasteiger partial charge is 0.493 e. The van der Waals surface area contributed by atoms with E-state index in [-0.39, 0.29) is 0 Å². The lowest BCUT2D eigenvalue weighted by Gasteiger charge is -2.14. The smallest absolute Gasteiger partial charge is 0.161 e. The molecule has 0 saturated heterocycles. The Morgan fingerprint density at radius 3 is 2.61 bits per heavy atom. The summed E-state index contributed by atoms with van der Waals surface area (Å²) in [6.07, 6.45) is 0. The Balaban J connectivity index is 2.21. The predicted molar refractivity (Wildman–Crippen MR) is 72.4 cm³/mol. The van der Waals surface area contributed by atoms with Crippen LogP contribution in [-0.2, 0) is 4.74 Å². The van der Waals surface area contributed by atoms with Crippen molar-refractivity contribution >= 4 is 0 Å². The molecule has 0 aromatic heterocycles. The van der Waals surface area contributed by atoms with Crippen molar-refractivity contribution in [2.75, 3.05) is 33.5 Å². The van der Waals surface area contributed by atoms with Crippen LogP contribution in [0, 0.1) is 0 Å². The van der Waals surface area contributed by atoms with Crippen LogP contribution >= 0.6 is 0 Å². The Hall–Kier alpha value is -1.26. The minimum absolute atomic E-state index is 0.339. The Morgan fingerprint density at radius 2 is 1.94 bits per heavy atom. The molecule has 0 spiro atoms. The van der Waals surface area contributed by atoms with Crippen molar-refractivity contribution in [3.05, 3.63) is 24.3 Å². The number of hydrogen-bond donors (Lipinski definition) is 1. The van der Waals surface area contributed by atoms with Crippen molar-refractivity contribution in [2.45, 2.75) is 19.9 Å². The molecule has 1 N–H and O–H groups in total. The van der Waals surface area contributed by atoms with Crippen LogP contribution in [0.1, 0.15) is 13.8 Å². The topological polar surface area (TPSA) is 39.7 Å². The van der Waals surface area contributed by atoms with Gasteiger partial charge in [-0.2, -0.15) is 0 Å². The summed E-state index contributed by atoms with van der Waals surface area (Å²) in [7, 11) is 1.64. The monoisotopic (exact) mass is 253 g/mol. The molecule has 0 saturated carbocycles. The molecule has 0 aliphatic heterocycles. The van der Waals surface area contributed by atoms with Crippen LogP contribution in [0.4, 0.5) is 0 Å². The molecule has 1 rings (SSSR count). The van der Waals surface area contributed by atoms with E-state index < -0.39 is 0 Å². The summed E-state index contributed by atoms with van der Waals surface area (Å²) in [6, 6.07) is 7.99. The highest BCUT2D eigenvalue weighted by atomic mass is 16.5. The van der Waals surface area contributed by atoms with E-state index in [1.54, 1.807) is 7.11 Å². The zero-order valence-electron chi connectivity index (χ0n) is 11.4. The number of benzene rings is 1. The molecule has 0 amide bonds. The van der Waals surface area contributed by atoms with E-state index in [1.165, 1.54) is 0 Å². The van der Waals surface area contributed by atoms with E-state index in [9.17, 15) is 0 Å². The highest BCUT2D eigenvalue weighted by molar-refractivity contribution is 5.39. The van der Waals surface area contributed by atoms with Crippen LogP contribution in [-0.4, -0.2) is 39.5 Å². The first-order valence-corrected chi connectivity index (χ1v) is 6.34. The first-order chi connectivity index (χ1) is 8.77. The molecule has 0 aliphatic rings. The summed E-state index contributed by atoms with van der Waals surface area (Å²) in [4.78, 5) is 0. The zero-order chi connectivity index (χ0) is 13.2. The molecule has 0 aliphatic carbocycles. The van der Waals surface area contributed by atoms with Crippen LogP contribution < -0.4 is 14.8 Å². The molecule has 102 valence electrons. The van der Waals surface area contributed by atoms with Crippen LogP contribution in [0.3, 0.4) is 0 Å². The Kier molecular flexibility index (Phi) is 7.22. The van der Waals surface area contributed by atoms with E-state index in [0.29, 0.717) is 12.6 Å². The van der Waals surface area contributed by atoms with Gasteiger partial charge in [-0.3, -0.25) is 0 Å². The van der Waals surface area contributed by atoms with Crippen molar-refractivity contribution < 1.29 is 14.2 Å². The summed E-state index contributed by atoms with van der Waals surface area (Å²) in [5.74, 6) is 1.54. The third-order valence-corrected chi connectivity index (χ3v) is 2.49. The van der Waals surface area contributed by atoms with Gasteiger partial charge in [0.2, 0.25) is 0 Å². The third kappa shape index (κ3) is 5.38. The number of ether oxygens (including phenoxy) is 3. The van der Waals surface area contributed by atoms with Crippen LogP contribution in [0.25, 0.3) is 0 Å². The molecule has 1 unspecified atom stereocenters. The Labute approximate surface area is 109 Å². The van der Waals surface area contributed by atoms with Crippen molar-refractivity contribution in [2.24, 2.45) is 0 Å². The van der Waals surface area contributed by atoms with Crippen molar-refractivity contribution in [3.63, 3.8) is 0 Å². The second-order valence-electron chi connectivity index (χ2n) is 4.01. The maximum Gasteiger partial charge on any atom is 0.161 e. The lowest BCUT2D eigenvalue weighted by molar-refractivity contribution is 0.125. The third-order valence-electron chi connectivity index (χ3n) is 2.49. The quantitative estimate of drug-likeness (QED) is 0.684. The molecule has 1 aromatic rings. The summed E-state index contributed by atoms with van der Waals surface area (Å²) < 4.78 is 16.2. The molecular weight excluding hydrogens is 230 g/mol. The van der Waals surface area contributed by atoms with Gasteiger partial charge < -0.3 is 19.5 Å². The second-order valence-corrected chi connectivity index (χ2v) is 4.01. The number of nitrogens with one attached hydrogen (secondary N) is 1. The minimum atomic E-state index is 0.339. The van der Waals surface area contributed by atoms with Gasteiger partial charge in [-0.05, 0) is 26.0 Å². The fourth-order valence-electron chi connectivity index (χ4n) is 1.56. The standard InChI is InChI=1S/C14H23NO3/c1-4-17-11-12(2)15-9-10-18-14-8-6-5-7-13(14)16-3/h5-8,12,15H,4,9-11H2,1-3H3. The van der Waals surface area contributed by atoms with Gasteiger partial charge in [0.05, 0.1) is 13.7 Å². The van der Waals surface area contributed by atoms with Gasteiger partial charge in [0.1, 0.15) is 6.61 Å². The van der Waals surface area contributed by atoms with Crippen LogP contribution in [0.5, 0.6) is 11.5 Å². The maximum absolute atomic E-state index is 5.65. The highest BCUT2D eigenvalue weighted by Crippen LogP contribution is 2.25. The summed E-state index contributed by atoms with van der Waals surface area (Å²) in [6.45, 7) is 6.97. The number of rotatable bonds is 9. The first kappa shape index (κ1) is 14.8. The molecule has 0 bridgehead atoms. The summed E-state index contributed by atoms with van der Waals surface area (Å²) >= 11 is 0. The average Bonchev–Trinajstić information content (AvgIpc) is 2.41. The van der Waals surface area contributed by atoms with Gasteiger partial charge in [0.25, 0.3) is 0 Å². The predicted octanol–water partition coefficient (Wildman–Crippen LogP) is 2.09. The van der Waals surface area contributed by atoms with Crippen molar-refractivity contribution in [3.8, 4) is 11.5 Å². The molecule has 0 radical (unpaired) electrons. The van der Waals surface area contributed by atoms with Gasteiger partial charge >= 0.3 is 0 Å². The summed E-state index contributed by atoms with van der Waals surface area (Å²) in [5, 5.41) is 3.33. The maximum atomic E-state index is 5.65. The van der Waals surface area contributed by atoms with Gasteiger partial charge in [-0.25, -0.2) is 0 Å². The zero-order valence-corrected chi connectivity index (χ0v) is 11.4. The van der Waals surface area contributed by atoms with Crippen LogP contribution in [0.2, 0.25) is 0 Å². The molecule has 18 heavy (non-hydrogen) atoms. The SMILES string of the molecule is CCOCC(C)NCCOc1ccccc1OC. The van der Waals surface area contributed by atoms with Gasteiger partial charge in [0, 0.05) is 19.2 Å². The molecule has 4 heteroatoms. The lowest BCUT2D eigenvalue weighted by atomic mass is 10.3. The number of methoxy groups -OCH3 is 1. The van der Waals surface area contributed by atoms with E-state index in [2.05, 4.69) is 12.2 Å². The highest BCUT2D eigenvalue weighted by Gasteiger charge is 2.03. The minimum Gasteiger partial charge on any atom is -0.493 e. The average molecular weight is 253 g/mol. The van der Waals surface area contributed by atoms with Gasteiger partial charge in [-0.1, -0.05) is 12.1 Å². The van der Waals surface area contributed by atoms with E-state index in [4.69, 9.17) is 14.2 Å². The molecule has 1 atom stereocenters. The fraction of sp³-hybridized carbons (Fsp3) is 0.571. The van der Waals surface area contributed by atoms with Crippen molar-refractivity contribution in [1.82, 2.24) is 5.32 Å². The van der Waals surface area contributed by atoms with E-state index in [0.717, 1.165) is 31.3 Å². The van der Waals surface area contributed by atoms with Gasteiger partial charge in [-0.15, -0.1) is 0 Å². The Morgan fingerprint density at radius 1 is 1.22 bits per heavy atom. The molecule has 0 heterocycles. The van der Waals surface area contributed by atoms with Crippen LogP contribution in [0.15, 0.2) is 24.3 Å². The van der Waals surface area contributed by atoms with Gasteiger partial charge in [0.15, 0.2) is 11.5 Å². The fourth-order valence-corrected chi connectivity index (χ4v) is 1.56. The molecule has 0 fully saturated rings. The normalized spacial score (nSPS) is 12.2.